The second-order valence-electron chi connectivity index (χ2n) is 5.64. The predicted molar refractivity (Wildman–Crippen MR) is 92.1 cm³/mol. The Morgan fingerprint density at radius 2 is 1.67 bits per heavy atom. The van der Waals surface area contributed by atoms with Gasteiger partial charge in [0.1, 0.15) is 6.10 Å². The van der Waals surface area contributed by atoms with Crippen molar-refractivity contribution >= 4 is 5.97 Å². The van der Waals surface area contributed by atoms with Gasteiger partial charge in [-0.1, -0.05) is 19.9 Å². The molecule has 0 radical (unpaired) electrons. The minimum absolute atomic E-state index is 0.000609. The van der Waals surface area contributed by atoms with Crippen LogP contribution in [0.3, 0.4) is 0 Å². The third kappa shape index (κ3) is 19.1. The molecule has 0 aromatic heterocycles. The maximum atomic E-state index is 9.60. The first kappa shape index (κ1) is 25.3. The van der Waals surface area contributed by atoms with Gasteiger partial charge >= 0.3 is 5.97 Å². The highest BCUT2D eigenvalue weighted by atomic mass is 16.5. The summed E-state index contributed by atoms with van der Waals surface area (Å²) < 4.78 is 16.0. The first-order valence-electron chi connectivity index (χ1n) is 8.23. The fraction of sp³-hybridized carbons (Fsp3) is 0.824. The number of ether oxygens (including phenoxy) is 3. The monoisotopic (exact) mass is 350 g/mol. The number of carboxylic acids is 1. The number of unbranched alkanes of at least 4 members (excludes halogenated alkanes) is 1. The quantitative estimate of drug-likeness (QED) is 0.342. The second-order valence-corrected chi connectivity index (χ2v) is 5.64. The topological polar surface area (TPSA) is 105 Å². The van der Waals surface area contributed by atoms with Gasteiger partial charge < -0.3 is 29.5 Å². The maximum absolute atomic E-state index is 9.60. The molecule has 0 spiro atoms. The highest BCUT2D eigenvalue weighted by molar-refractivity contribution is 5.84. The zero-order chi connectivity index (χ0) is 19.0. The van der Waals surface area contributed by atoms with Crippen LogP contribution in [0.2, 0.25) is 0 Å². The average Bonchev–Trinajstić information content (AvgIpc) is 2.55. The van der Waals surface area contributed by atoms with E-state index in [0.29, 0.717) is 19.8 Å². The molecule has 144 valence electrons. The molecule has 7 heteroatoms. The van der Waals surface area contributed by atoms with E-state index >= 15 is 0 Å². The minimum Gasteiger partial charge on any atom is -0.478 e. The van der Waals surface area contributed by atoms with Crippen LogP contribution < -0.4 is 0 Å². The van der Waals surface area contributed by atoms with Crippen molar-refractivity contribution < 1.29 is 34.3 Å². The SMILES string of the molecule is C=C(C)C(=O)O.CCCCOCC(O)COC(C)COC(C)CO. The molecule has 0 saturated heterocycles. The van der Waals surface area contributed by atoms with Gasteiger partial charge in [-0.15, -0.1) is 0 Å². The lowest BCUT2D eigenvalue weighted by molar-refractivity contribution is -0.132. The molecule has 0 aliphatic heterocycles. The molecule has 0 bridgehead atoms. The molecule has 0 amide bonds. The van der Waals surface area contributed by atoms with Crippen molar-refractivity contribution in [1.29, 1.82) is 0 Å². The van der Waals surface area contributed by atoms with E-state index in [1.165, 1.54) is 6.92 Å². The van der Waals surface area contributed by atoms with Crippen molar-refractivity contribution in [2.24, 2.45) is 0 Å². The summed E-state index contributed by atoms with van der Waals surface area (Å²) in [5, 5.41) is 26.3. The molecule has 0 fully saturated rings. The fourth-order valence-corrected chi connectivity index (χ4v) is 1.19. The number of carboxylic acid groups (broad SMARTS) is 1. The maximum Gasteiger partial charge on any atom is 0.330 e. The molecule has 24 heavy (non-hydrogen) atoms. The Kier molecular flexibility index (Phi) is 17.7. The third-order valence-electron chi connectivity index (χ3n) is 2.76. The Morgan fingerprint density at radius 1 is 1.12 bits per heavy atom. The van der Waals surface area contributed by atoms with Gasteiger partial charge in [0, 0.05) is 12.2 Å². The van der Waals surface area contributed by atoms with E-state index in [9.17, 15) is 9.90 Å². The minimum atomic E-state index is -0.935. The number of rotatable bonds is 13. The molecule has 0 aliphatic carbocycles. The molecule has 3 atom stereocenters. The molecule has 7 nitrogen and oxygen atoms in total. The standard InChI is InChI=1S/C13H28O5.C4H6O2/c1-4-5-6-16-9-13(15)10-18-12(3)8-17-11(2)7-14;1-3(2)4(5)6/h11-15H,4-10H2,1-3H3;1H2,2H3,(H,5,6). The largest absolute Gasteiger partial charge is 0.478 e. The number of carbonyl (C=O) groups is 1. The van der Waals surface area contributed by atoms with E-state index in [2.05, 4.69) is 13.5 Å². The Labute approximate surface area is 145 Å². The summed E-state index contributed by atoms with van der Waals surface area (Å²) >= 11 is 0. The fourth-order valence-electron chi connectivity index (χ4n) is 1.19. The summed E-state index contributed by atoms with van der Waals surface area (Å²) in [5.74, 6) is -0.935. The Morgan fingerprint density at radius 3 is 2.12 bits per heavy atom. The first-order valence-corrected chi connectivity index (χ1v) is 8.23. The Hall–Kier alpha value is -0.990. The summed E-state index contributed by atoms with van der Waals surface area (Å²) in [6.07, 6.45) is 1.21. The highest BCUT2D eigenvalue weighted by Crippen LogP contribution is 1.99. The normalized spacial score (nSPS) is 14.2. The molecule has 0 aromatic rings. The zero-order valence-electron chi connectivity index (χ0n) is 15.4. The summed E-state index contributed by atoms with van der Waals surface area (Å²) in [6, 6.07) is 0. The van der Waals surface area contributed by atoms with Crippen molar-refractivity contribution in [1.82, 2.24) is 0 Å². The van der Waals surface area contributed by atoms with Crippen LogP contribution in [0.4, 0.5) is 0 Å². The summed E-state index contributed by atoms with van der Waals surface area (Å²) in [6.45, 7) is 12.0. The average molecular weight is 350 g/mol. The lowest BCUT2D eigenvalue weighted by Crippen LogP contribution is -2.28. The lowest BCUT2D eigenvalue weighted by Gasteiger charge is -2.18. The van der Waals surface area contributed by atoms with Crippen LogP contribution >= 0.6 is 0 Å². The van der Waals surface area contributed by atoms with E-state index in [1.807, 2.05) is 6.92 Å². The van der Waals surface area contributed by atoms with E-state index in [4.69, 9.17) is 24.4 Å². The lowest BCUT2D eigenvalue weighted by atomic mass is 10.3. The highest BCUT2D eigenvalue weighted by Gasteiger charge is 2.10. The van der Waals surface area contributed by atoms with Crippen LogP contribution in [0.15, 0.2) is 12.2 Å². The van der Waals surface area contributed by atoms with Crippen LogP contribution in [-0.4, -0.2) is 72.6 Å². The number of aliphatic hydroxyl groups is 2. The van der Waals surface area contributed by atoms with E-state index in [0.717, 1.165) is 12.8 Å². The van der Waals surface area contributed by atoms with E-state index < -0.39 is 12.1 Å². The second kappa shape index (κ2) is 16.9. The predicted octanol–water partition coefficient (Wildman–Crippen LogP) is 1.61. The van der Waals surface area contributed by atoms with Crippen LogP contribution in [0, 0.1) is 0 Å². The molecule has 3 unspecified atom stereocenters. The molecule has 3 N–H and O–H groups in total. The van der Waals surface area contributed by atoms with Crippen molar-refractivity contribution in [3.8, 4) is 0 Å². The first-order chi connectivity index (χ1) is 11.2. The number of aliphatic carboxylic acids is 1. The summed E-state index contributed by atoms with van der Waals surface area (Å²) in [7, 11) is 0. The van der Waals surface area contributed by atoms with Gasteiger partial charge in [0.05, 0.1) is 38.6 Å². The molecule has 0 saturated carbocycles. The van der Waals surface area contributed by atoms with Crippen molar-refractivity contribution in [2.45, 2.75) is 58.8 Å². The molecule has 0 aliphatic rings. The number of aliphatic hydroxyl groups excluding tert-OH is 2. The van der Waals surface area contributed by atoms with Crippen molar-refractivity contribution in [2.75, 3.05) is 33.0 Å². The molecule has 0 heterocycles. The zero-order valence-corrected chi connectivity index (χ0v) is 15.4. The van der Waals surface area contributed by atoms with Crippen molar-refractivity contribution in [3.63, 3.8) is 0 Å². The van der Waals surface area contributed by atoms with Crippen LogP contribution in [-0.2, 0) is 19.0 Å². The molecule has 0 aromatic carbocycles. The van der Waals surface area contributed by atoms with Crippen molar-refractivity contribution in [3.05, 3.63) is 12.2 Å². The number of hydrogen-bond acceptors (Lipinski definition) is 6. The third-order valence-corrected chi connectivity index (χ3v) is 2.76. The molecule has 0 rings (SSSR count). The van der Waals surface area contributed by atoms with Crippen LogP contribution in [0.1, 0.15) is 40.5 Å². The van der Waals surface area contributed by atoms with Gasteiger partial charge in [-0.25, -0.2) is 4.79 Å². The summed E-state index contributed by atoms with van der Waals surface area (Å²) in [5.41, 5.74) is 0.176. The van der Waals surface area contributed by atoms with Gasteiger partial charge in [0.15, 0.2) is 0 Å². The summed E-state index contributed by atoms with van der Waals surface area (Å²) in [4.78, 5) is 9.60. The smallest absolute Gasteiger partial charge is 0.330 e. The van der Waals surface area contributed by atoms with E-state index in [1.54, 1.807) is 6.92 Å². The van der Waals surface area contributed by atoms with Crippen LogP contribution in [0.25, 0.3) is 0 Å². The van der Waals surface area contributed by atoms with Crippen LogP contribution in [0.5, 0.6) is 0 Å². The van der Waals surface area contributed by atoms with Gasteiger partial charge in [-0.05, 0) is 27.2 Å². The Balaban J connectivity index is 0. The molecular formula is C17H34O7. The van der Waals surface area contributed by atoms with Gasteiger partial charge in [-0.2, -0.15) is 0 Å². The van der Waals surface area contributed by atoms with Gasteiger partial charge in [0.2, 0.25) is 0 Å². The van der Waals surface area contributed by atoms with Gasteiger partial charge in [0.25, 0.3) is 0 Å². The molecular weight excluding hydrogens is 316 g/mol. The van der Waals surface area contributed by atoms with E-state index in [-0.39, 0.29) is 31.0 Å². The van der Waals surface area contributed by atoms with Gasteiger partial charge in [-0.3, -0.25) is 0 Å². The number of hydrogen-bond donors (Lipinski definition) is 3. The Bertz CT molecular complexity index is 308.